The van der Waals surface area contributed by atoms with Gasteiger partial charge in [0.1, 0.15) is 24.7 Å². The number of ether oxygens (including phenoxy) is 2. The minimum absolute atomic E-state index is 0.0218. The molecule has 0 fully saturated rings. The molecule has 0 heterocycles. The largest absolute Gasteiger partial charge is 0.490 e. The van der Waals surface area contributed by atoms with E-state index in [1.807, 2.05) is 18.2 Å². The zero-order valence-electron chi connectivity index (χ0n) is 11.3. The quantitative estimate of drug-likeness (QED) is 0.498. The summed E-state index contributed by atoms with van der Waals surface area (Å²) in [6, 6.07) is 14.3. The van der Waals surface area contributed by atoms with Crippen molar-refractivity contribution in [3.63, 3.8) is 0 Å². The molecule has 0 aliphatic carbocycles. The van der Waals surface area contributed by atoms with Gasteiger partial charge in [0.15, 0.2) is 5.78 Å². The minimum Gasteiger partial charge on any atom is -0.490 e. The van der Waals surface area contributed by atoms with Gasteiger partial charge in [-0.3, -0.25) is 4.79 Å². The number of nitrogen functional groups attached to an aromatic ring is 1. The van der Waals surface area contributed by atoms with Crippen molar-refractivity contribution in [2.24, 2.45) is 0 Å². The highest BCUT2D eigenvalue weighted by atomic mass is 16.5. The number of hydrogen-bond donors (Lipinski definition) is 1. The van der Waals surface area contributed by atoms with Crippen molar-refractivity contribution < 1.29 is 14.3 Å². The maximum absolute atomic E-state index is 11.2. The van der Waals surface area contributed by atoms with Crippen molar-refractivity contribution >= 4 is 11.5 Å². The van der Waals surface area contributed by atoms with E-state index in [0.717, 1.165) is 5.75 Å². The Kier molecular flexibility index (Phi) is 4.60. The number of anilines is 1. The van der Waals surface area contributed by atoms with E-state index in [9.17, 15) is 4.79 Å². The fraction of sp³-hybridized carbons (Fsp3) is 0.188. The zero-order chi connectivity index (χ0) is 14.4. The Labute approximate surface area is 118 Å². The van der Waals surface area contributed by atoms with Crippen LogP contribution in [0.5, 0.6) is 11.5 Å². The van der Waals surface area contributed by atoms with Crippen LogP contribution in [0, 0.1) is 0 Å². The van der Waals surface area contributed by atoms with Crippen LogP contribution in [0.15, 0.2) is 48.5 Å². The van der Waals surface area contributed by atoms with E-state index in [1.54, 1.807) is 30.3 Å². The third-order valence-corrected chi connectivity index (χ3v) is 2.74. The molecule has 0 saturated heterocycles. The van der Waals surface area contributed by atoms with Crippen LogP contribution in [0.3, 0.4) is 0 Å². The minimum atomic E-state index is 0.0218. The molecule has 2 aromatic rings. The van der Waals surface area contributed by atoms with E-state index in [-0.39, 0.29) is 5.78 Å². The maximum atomic E-state index is 11.2. The summed E-state index contributed by atoms with van der Waals surface area (Å²) in [6.45, 7) is 2.36. The Morgan fingerprint density at radius 1 is 1.00 bits per heavy atom. The van der Waals surface area contributed by atoms with Gasteiger partial charge in [0.25, 0.3) is 0 Å². The Balaban J connectivity index is 1.79. The number of hydrogen-bond acceptors (Lipinski definition) is 4. The highest BCUT2D eigenvalue weighted by Gasteiger charge is 2.01. The predicted molar refractivity (Wildman–Crippen MR) is 78.3 cm³/mol. The van der Waals surface area contributed by atoms with Gasteiger partial charge >= 0.3 is 0 Å². The lowest BCUT2D eigenvalue weighted by molar-refractivity contribution is 0.101. The van der Waals surface area contributed by atoms with E-state index in [2.05, 4.69) is 0 Å². The van der Waals surface area contributed by atoms with Gasteiger partial charge in [-0.2, -0.15) is 0 Å². The van der Waals surface area contributed by atoms with Crippen molar-refractivity contribution in [1.29, 1.82) is 0 Å². The summed E-state index contributed by atoms with van der Waals surface area (Å²) in [5.41, 5.74) is 6.93. The molecular weight excluding hydrogens is 254 g/mol. The van der Waals surface area contributed by atoms with Crippen LogP contribution in [-0.2, 0) is 0 Å². The van der Waals surface area contributed by atoms with E-state index in [4.69, 9.17) is 15.2 Å². The predicted octanol–water partition coefficient (Wildman–Crippen LogP) is 2.93. The molecule has 2 rings (SSSR count). The summed E-state index contributed by atoms with van der Waals surface area (Å²) in [6.07, 6.45) is 0. The Morgan fingerprint density at radius 2 is 1.65 bits per heavy atom. The van der Waals surface area contributed by atoms with Crippen LogP contribution in [0.2, 0.25) is 0 Å². The number of benzene rings is 2. The zero-order valence-corrected chi connectivity index (χ0v) is 11.3. The summed E-state index contributed by atoms with van der Waals surface area (Å²) in [5.74, 6) is 1.44. The monoisotopic (exact) mass is 271 g/mol. The Hall–Kier alpha value is -2.49. The normalized spacial score (nSPS) is 10.1. The molecule has 0 aliphatic rings. The fourth-order valence-electron chi connectivity index (χ4n) is 1.69. The highest BCUT2D eigenvalue weighted by molar-refractivity contribution is 5.94. The van der Waals surface area contributed by atoms with Crippen molar-refractivity contribution in [2.75, 3.05) is 18.9 Å². The van der Waals surface area contributed by atoms with Gasteiger partial charge in [-0.15, -0.1) is 0 Å². The van der Waals surface area contributed by atoms with Crippen molar-refractivity contribution in [2.45, 2.75) is 6.92 Å². The highest BCUT2D eigenvalue weighted by Crippen LogP contribution is 2.15. The first kappa shape index (κ1) is 13.9. The van der Waals surface area contributed by atoms with Crippen molar-refractivity contribution in [3.05, 3.63) is 54.1 Å². The van der Waals surface area contributed by atoms with Crippen LogP contribution in [0.25, 0.3) is 0 Å². The molecule has 0 saturated carbocycles. The second kappa shape index (κ2) is 6.61. The molecule has 4 heteroatoms. The van der Waals surface area contributed by atoms with Gasteiger partial charge < -0.3 is 15.2 Å². The number of rotatable bonds is 6. The topological polar surface area (TPSA) is 61.5 Å². The number of Topliss-reactive ketones (excluding diaryl/α,β-unsaturated/α-hetero) is 1. The van der Waals surface area contributed by atoms with Crippen molar-refractivity contribution in [1.82, 2.24) is 0 Å². The maximum Gasteiger partial charge on any atom is 0.159 e. The van der Waals surface area contributed by atoms with Gasteiger partial charge in [0.2, 0.25) is 0 Å². The second-order valence-electron chi connectivity index (χ2n) is 4.35. The molecule has 0 bridgehead atoms. The molecule has 4 nitrogen and oxygen atoms in total. The van der Waals surface area contributed by atoms with E-state index >= 15 is 0 Å². The second-order valence-corrected chi connectivity index (χ2v) is 4.35. The third-order valence-electron chi connectivity index (χ3n) is 2.74. The standard InChI is InChI=1S/C16H17NO3/c1-12(18)13-3-2-4-16(11-13)20-10-9-19-15-7-5-14(17)6-8-15/h2-8,11H,9-10,17H2,1H3. The van der Waals surface area contributed by atoms with E-state index in [0.29, 0.717) is 30.2 Å². The summed E-state index contributed by atoms with van der Waals surface area (Å²) in [4.78, 5) is 11.2. The molecule has 0 atom stereocenters. The fourth-order valence-corrected chi connectivity index (χ4v) is 1.69. The molecule has 20 heavy (non-hydrogen) atoms. The summed E-state index contributed by atoms with van der Waals surface area (Å²) >= 11 is 0. The van der Waals surface area contributed by atoms with Crippen LogP contribution in [-0.4, -0.2) is 19.0 Å². The van der Waals surface area contributed by atoms with E-state index in [1.165, 1.54) is 6.92 Å². The van der Waals surface area contributed by atoms with Crippen LogP contribution >= 0.6 is 0 Å². The van der Waals surface area contributed by atoms with Gasteiger partial charge in [0, 0.05) is 11.3 Å². The molecule has 0 amide bonds. The molecule has 0 aliphatic heterocycles. The molecule has 0 spiro atoms. The molecule has 2 N–H and O–H groups in total. The number of ketones is 1. The lowest BCUT2D eigenvalue weighted by Gasteiger charge is -2.09. The number of carbonyl (C=O) groups is 1. The first-order valence-electron chi connectivity index (χ1n) is 6.37. The summed E-state index contributed by atoms with van der Waals surface area (Å²) < 4.78 is 11.1. The SMILES string of the molecule is CC(=O)c1cccc(OCCOc2ccc(N)cc2)c1. The lowest BCUT2D eigenvalue weighted by Crippen LogP contribution is -2.09. The Morgan fingerprint density at radius 3 is 2.30 bits per heavy atom. The smallest absolute Gasteiger partial charge is 0.159 e. The van der Waals surface area contributed by atoms with Crippen LogP contribution in [0.4, 0.5) is 5.69 Å². The number of nitrogens with two attached hydrogens (primary N) is 1. The first-order chi connectivity index (χ1) is 9.65. The van der Waals surface area contributed by atoms with Gasteiger partial charge in [0.05, 0.1) is 0 Å². The Bertz CT molecular complexity index is 579. The van der Waals surface area contributed by atoms with Crippen molar-refractivity contribution in [3.8, 4) is 11.5 Å². The molecule has 2 aromatic carbocycles. The van der Waals surface area contributed by atoms with E-state index < -0.39 is 0 Å². The third kappa shape index (κ3) is 4.02. The summed E-state index contributed by atoms with van der Waals surface area (Å²) in [5, 5.41) is 0. The molecular formula is C16H17NO3. The first-order valence-corrected chi connectivity index (χ1v) is 6.37. The van der Waals surface area contributed by atoms with Crippen LogP contribution in [0.1, 0.15) is 17.3 Å². The number of carbonyl (C=O) groups excluding carboxylic acids is 1. The van der Waals surface area contributed by atoms with Gasteiger partial charge in [-0.1, -0.05) is 12.1 Å². The molecule has 0 unspecified atom stereocenters. The average molecular weight is 271 g/mol. The molecule has 0 radical (unpaired) electrons. The van der Waals surface area contributed by atoms with Gasteiger partial charge in [-0.25, -0.2) is 0 Å². The average Bonchev–Trinajstić information content (AvgIpc) is 2.46. The van der Waals surface area contributed by atoms with Gasteiger partial charge in [-0.05, 0) is 43.3 Å². The molecule has 0 aromatic heterocycles. The lowest BCUT2D eigenvalue weighted by atomic mass is 10.1. The van der Waals surface area contributed by atoms with Crippen LogP contribution < -0.4 is 15.2 Å². The summed E-state index contributed by atoms with van der Waals surface area (Å²) in [7, 11) is 0. The molecule has 104 valence electrons.